The summed E-state index contributed by atoms with van der Waals surface area (Å²) in [5.41, 5.74) is 4.90. The van der Waals surface area contributed by atoms with Gasteiger partial charge in [-0.1, -0.05) is 0 Å². The summed E-state index contributed by atoms with van der Waals surface area (Å²) in [5.74, 6) is -1.52. The van der Waals surface area contributed by atoms with Crippen LogP contribution in [0.25, 0.3) is 0 Å². The van der Waals surface area contributed by atoms with Crippen molar-refractivity contribution in [1.82, 2.24) is 5.32 Å². The minimum atomic E-state index is -1.01. The Balaban J connectivity index is 3.78. The van der Waals surface area contributed by atoms with Crippen LogP contribution in [-0.4, -0.2) is 41.3 Å². The van der Waals surface area contributed by atoms with E-state index in [1.807, 2.05) is 0 Å². The lowest BCUT2D eigenvalue weighted by Gasteiger charge is -2.12. The molecule has 14 heavy (non-hydrogen) atoms. The maximum Gasteiger partial charge on any atom is 0.320 e. The Morgan fingerprint density at radius 1 is 1.43 bits per heavy atom. The highest BCUT2D eigenvalue weighted by molar-refractivity contribution is 5.77. The summed E-state index contributed by atoms with van der Waals surface area (Å²) in [4.78, 5) is 21.0. The van der Waals surface area contributed by atoms with Gasteiger partial charge in [0.2, 0.25) is 5.91 Å². The summed E-state index contributed by atoms with van der Waals surface area (Å²) < 4.78 is 0. The van der Waals surface area contributed by atoms with E-state index in [0.29, 0.717) is 13.0 Å². The van der Waals surface area contributed by atoms with E-state index in [1.54, 1.807) is 0 Å². The molecule has 82 valence electrons. The zero-order valence-electron chi connectivity index (χ0n) is 7.90. The van der Waals surface area contributed by atoms with Crippen molar-refractivity contribution in [2.45, 2.75) is 25.3 Å². The third-order valence-corrected chi connectivity index (χ3v) is 1.70. The van der Waals surface area contributed by atoms with E-state index in [0.717, 1.165) is 0 Å². The molecule has 1 atom stereocenters. The number of nitrogens with two attached hydrogens (primary N) is 1. The monoisotopic (exact) mass is 204 g/mol. The van der Waals surface area contributed by atoms with Crippen molar-refractivity contribution in [3.8, 4) is 0 Å². The van der Waals surface area contributed by atoms with Crippen LogP contribution in [0.5, 0.6) is 0 Å². The van der Waals surface area contributed by atoms with Crippen LogP contribution in [0.3, 0.4) is 0 Å². The van der Waals surface area contributed by atoms with Crippen molar-refractivity contribution >= 4 is 11.9 Å². The highest BCUT2D eigenvalue weighted by Crippen LogP contribution is 1.97. The molecule has 5 N–H and O–H groups in total. The number of rotatable bonds is 8. The van der Waals surface area contributed by atoms with Crippen LogP contribution in [-0.2, 0) is 9.59 Å². The van der Waals surface area contributed by atoms with Gasteiger partial charge >= 0.3 is 5.97 Å². The summed E-state index contributed by atoms with van der Waals surface area (Å²) in [5, 5.41) is 19.9. The number of primary amides is 1. The minimum Gasteiger partial charge on any atom is -0.480 e. The minimum absolute atomic E-state index is 0.00909. The average molecular weight is 204 g/mol. The number of aliphatic carboxylic acids is 1. The van der Waals surface area contributed by atoms with Gasteiger partial charge in [0.1, 0.15) is 6.04 Å². The largest absolute Gasteiger partial charge is 0.480 e. The SMILES string of the molecule is NC(=O)CC[C@H](NCCCO)C(=O)O. The standard InChI is InChI=1S/C8H16N2O4/c9-7(12)3-2-6(8(13)14)10-4-1-5-11/h6,10-11H,1-5H2,(H2,9,12)(H,13,14)/t6-/m0/s1. The van der Waals surface area contributed by atoms with E-state index in [4.69, 9.17) is 15.9 Å². The number of carbonyl (C=O) groups excluding carboxylic acids is 1. The Kier molecular flexibility index (Phi) is 6.69. The van der Waals surface area contributed by atoms with Crippen molar-refractivity contribution in [3.05, 3.63) is 0 Å². The highest BCUT2D eigenvalue weighted by Gasteiger charge is 2.16. The Hall–Kier alpha value is -1.14. The van der Waals surface area contributed by atoms with Crippen LogP contribution in [0, 0.1) is 0 Å². The molecule has 0 aromatic heterocycles. The van der Waals surface area contributed by atoms with Gasteiger partial charge in [-0.3, -0.25) is 9.59 Å². The van der Waals surface area contributed by atoms with Gasteiger partial charge < -0.3 is 21.3 Å². The lowest BCUT2D eigenvalue weighted by molar-refractivity contribution is -0.139. The van der Waals surface area contributed by atoms with Crippen LogP contribution in [0.1, 0.15) is 19.3 Å². The molecule has 0 aromatic rings. The van der Waals surface area contributed by atoms with Crippen LogP contribution in [0.15, 0.2) is 0 Å². The van der Waals surface area contributed by atoms with Crippen LogP contribution in [0.2, 0.25) is 0 Å². The molecule has 0 unspecified atom stereocenters. The summed E-state index contributed by atoms with van der Waals surface area (Å²) in [7, 11) is 0. The number of carboxylic acids is 1. The first kappa shape index (κ1) is 12.9. The number of amides is 1. The number of nitrogens with one attached hydrogen (secondary N) is 1. The van der Waals surface area contributed by atoms with Crippen molar-refractivity contribution in [2.24, 2.45) is 5.73 Å². The van der Waals surface area contributed by atoms with Crippen molar-refractivity contribution in [1.29, 1.82) is 0 Å². The predicted octanol–water partition coefficient (Wildman–Crippen LogP) is -1.32. The molecule has 0 rings (SSSR count). The molecule has 0 spiro atoms. The second kappa shape index (κ2) is 7.28. The lowest BCUT2D eigenvalue weighted by atomic mass is 10.1. The number of aliphatic hydroxyl groups is 1. The Morgan fingerprint density at radius 3 is 2.50 bits per heavy atom. The zero-order chi connectivity index (χ0) is 11.0. The molecule has 0 saturated carbocycles. The van der Waals surface area contributed by atoms with E-state index in [2.05, 4.69) is 5.32 Å². The maximum atomic E-state index is 10.6. The maximum absolute atomic E-state index is 10.6. The smallest absolute Gasteiger partial charge is 0.320 e. The Labute approximate surface area is 82.1 Å². The van der Waals surface area contributed by atoms with Crippen molar-refractivity contribution in [2.75, 3.05) is 13.2 Å². The van der Waals surface area contributed by atoms with Crippen LogP contribution < -0.4 is 11.1 Å². The number of carbonyl (C=O) groups is 2. The van der Waals surface area contributed by atoms with Gasteiger partial charge in [0.05, 0.1) is 0 Å². The normalized spacial score (nSPS) is 12.4. The fraction of sp³-hybridized carbons (Fsp3) is 0.750. The van der Waals surface area contributed by atoms with E-state index < -0.39 is 17.9 Å². The summed E-state index contributed by atoms with van der Waals surface area (Å²) in [6.45, 7) is 0.418. The molecule has 0 aromatic carbocycles. The van der Waals surface area contributed by atoms with Gasteiger partial charge in [-0.05, 0) is 19.4 Å². The first-order chi connectivity index (χ1) is 6.57. The number of hydrogen-bond donors (Lipinski definition) is 4. The van der Waals surface area contributed by atoms with E-state index in [1.165, 1.54) is 0 Å². The van der Waals surface area contributed by atoms with E-state index in [-0.39, 0.29) is 19.4 Å². The van der Waals surface area contributed by atoms with E-state index >= 15 is 0 Å². The third-order valence-electron chi connectivity index (χ3n) is 1.70. The van der Waals surface area contributed by atoms with Gasteiger partial charge in [0.25, 0.3) is 0 Å². The fourth-order valence-electron chi connectivity index (χ4n) is 0.955. The topological polar surface area (TPSA) is 113 Å². The molecule has 0 fully saturated rings. The van der Waals surface area contributed by atoms with Crippen molar-refractivity contribution in [3.63, 3.8) is 0 Å². The molecular weight excluding hydrogens is 188 g/mol. The molecule has 0 heterocycles. The summed E-state index contributed by atoms with van der Waals surface area (Å²) in [6, 6.07) is -0.769. The summed E-state index contributed by atoms with van der Waals surface area (Å²) >= 11 is 0. The van der Waals surface area contributed by atoms with Gasteiger partial charge in [-0.15, -0.1) is 0 Å². The Morgan fingerprint density at radius 2 is 2.07 bits per heavy atom. The quantitative estimate of drug-likeness (QED) is 0.366. The third kappa shape index (κ3) is 6.38. The predicted molar refractivity (Wildman–Crippen MR) is 49.6 cm³/mol. The summed E-state index contributed by atoms with van der Waals surface area (Å²) in [6.07, 6.45) is 0.708. The van der Waals surface area contributed by atoms with Gasteiger partial charge in [0, 0.05) is 13.0 Å². The molecule has 0 radical (unpaired) electrons. The molecule has 0 saturated heterocycles. The number of aliphatic hydroxyl groups excluding tert-OH is 1. The van der Waals surface area contributed by atoms with Gasteiger partial charge in [-0.25, -0.2) is 0 Å². The van der Waals surface area contributed by atoms with E-state index in [9.17, 15) is 9.59 Å². The second-order valence-corrected chi connectivity index (χ2v) is 2.93. The average Bonchev–Trinajstić information content (AvgIpc) is 2.10. The fourth-order valence-corrected chi connectivity index (χ4v) is 0.955. The number of carboxylic acid groups (broad SMARTS) is 1. The second-order valence-electron chi connectivity index (χ2n) is 2.93. The molecule has 1 amide bonds. The molecule has 6 nitrogen and oxygen atoms in total. The number of hydrogen-bond acceptors (Lipinski definition) is 4. The van der Waals surface area contributed by atoms with Crippen molar-refractivity contribution < 1.29 is 19.8 Å². The molecule has 0 aliphatic heterocycles. The molecule has 0 bridgehead atoms. The first-order valence-corrected chi connectivity index (χ1v) is 4.43. The Bertz CT molecular complexity index is 196. The highest BCUT2D eigenvalue weighted by atomic mass is 16.4. The van der Waals surface area contributed by atoms with Crippen LogP contribution in [0.4, 0.5) is 0 Å². The molecular formula is C8H16N2O4. The zero-order valence-corrected chi connectivity index (χ0v) is 7.90. The molecule has 0 aliphatic rings. The molecule has 6 heteroatoms. The first-order valence-electron chi connectivity index (χ1n) is 4.43. The van der Waals surface area contributed by atoms with Gasteiger partial charge in [-0.2, -0.15) is 0 Å². The van der Waals surface area contributed by atoms with Gasteiger partial charge in [0.15, 0.2) is 0 Å². The lowest BCUT2D eigenvalue weighted by Crippen LogP contribution is -2.38. The molecule has 0 aliphatic carbocycles. The van der Waals surface area contributed by atoms with Crippen LogP contribution >= 0.6 is 0 Å².